The van der Waals surface area contributed by atoms with E-state index in [1.165, 1.54) is 18.3 Å². The number of aromatic nitrogens is 1. The largest absolute Gasteiger partial charge is 0.454 e. The van der Waals surface area contributed by atoms with Crippen LogP contribution in [-0.4, -0.2) is 17.7 Å². The van der Waals surface area contributed by atoms with Crippen LogP contribution >= 0.6 is 0 Å². The van der Waals surface area contributed by atoms with Gasteiger partial charge in [0.15, 0.2) is 11.5 Å². The summed E-state index contributed by atoms with van der Waals surface area (Å²) in [5, 5.41) is 5.85. The molecule has 2 aromatic carbocycles. The Morgan fingerprint density at radius 1 is 1.04 bits per heavy atom. The lowest BCUT2D eigenvalue weighted by atomic mass is 10.2. The van der Waals surface area contributed by atoms with E-state index in [-0.39, 0.29) is 18.5 Å². The van der Waals surface area contributed by atoms with E-state index in [1.54, 1.807) is 24.3 Å². The third-order valence-corrected chi connectivity index (χ3v) is 4.00. The molecule has 0 bridgehead atoms. The molecule has 0 saturated carbocycles. The number of anilines is 2. The van der Waals surface area contributed by atoms with Crippen molar-refractivity contribution in [3.63, 3.8) is 0 Å². The zero-order valence-electron chi connectivity index (χ0n) is 14.2. The van der Waals surface area contributed by atoms with E-state index >= 15 is 0 Å². The topological polar surface area (TPSA) is 72.5 Å². The Morgan fingerprint density at radius 3 is 2.74 bits per heavy atom. The molecule has 7 heteroatoms. The van der Waals surface area contributed by atoms with Crippen LogP contribution < -0.4 is 20.1 Å². The van der Waals surface area contributed by atoms with Gasteiger partial charge in [0.25, 0.3) is 5.91 Å². The molecule has 136 valence electrons. The normalized spacial score (nSPS) is 11.9. The van der Waals surface area contributed by atoms with Gasteiger partial charge in [0.05, 0.1) is 11.9 Å². The average Bonchev–Trinajstić information content (AvgIpc) is 3.14. The van der Waals surface area contributed by atoms with Gasteiger partial charge in [-0.3, -0.25) is 4.79 Å². The van der Waals surface area contributed by atoms with Crippen molar-refractivity contribution in [2.75, 3.05) is 12.1 Å². The summed E-state index contributed by atoms with van der Waals surface area (Å²) < 4.78 is 23.8. The maximum Gasteiger partial charge on any atom is 0.270 e. The molecule has 0 fully saturated rings. The van der Waals surface area contributed by atoms with E-state index in [1.807, 2.05) is 18.2 Å². The fourth-order valence-corrected chi connectivity index (χ4v) is 2.66. The van der Waals surface area contributed by atoms with Crippen molar-refractivity contribution in [3.8, 4) is 11.5 Å². The van der Waals surface area contributed by atoms with E-state index in [0.29, 0.717) is 35.1 Å². The van der Waals surface area contributed by atoms with Crippen LogP contribution in [-0.2, 0) is 6.54 Å². The number of hydrogen-bond acceptors (Lipinski definition) is 5. The molecule has 1 aromatic heterocycles. The number of pyridine rings is 1. The molecule has 0 saturated heterocycles. The van der Waals surface area contributed by atoms with E-state index < -0.39 is 0 Å². The first-order valence-corrected chi connectivity index (χ1v) is 8.33. The van der Waals surface area contributed by atoms with Gasteiger partial charge >= 0.3 is 0 Å². The van der Waals surface area contributed by atoms with Crippen LogP contribution in [0.25, 0.3) is 0 Å². The smallest absolute Gasteiger partial charge is 0.270 e. The Morgan fingerprint density at radius 2 is 1.93 bits per heavy atom. The summed E-state index contributed by atoms with van der Waals surface area (Å²) in [4.78, 5) is 16.4. The molecule has 1 aliphatic heterocycles. The molecular formula is C20H16FN3O3. The second kappa shape index (κ2) is 7.33. The summed E-state index contributed by atoms with van der Waals surface area (Å²) >= 11 is 0. The molecule has 0 atom stereocenters. The lowest BCUT2D eigenvalue weighted by Gasteiger charge is -2.08. The number of carbonyl (C=O) groups is 1. The maximum absolute atomic E-state index is 13.2. The first-order valence-electron chi connectivity index (χ1n) is 8.33. The van der Waals surface area contributed by atoms with E-state index in [2.05, 4.69) is 15.6 Å². The van der Waals surface area contributed by atoms with Crippen molar-refractivity contribution in [2.24, 2.45) is 0 Å². The lowest BCUT2D eigenvalue weighted by molar-refractivity contribution is 0.0946. The molecule has 6 nitrogen and oxygen atoms in total. The predicted molar refractivity (Wildman–Crippen MR) is 97.7 cm³/mol. The fourth-order valence-electron chi connectivity index (χ4n) is 2.66. The first kappa shape index (κ1) is 16.8. The van der Waals surface area contributed by atoms with Gasteiger partial charge in [0.2, 0.25) is 6.79 Å². The third kappa shape index (κ3) is 3.98. The quantitative estimate of drug-likeness (QED) is 0.722. The minimum absolute atomic E-state index is 0.213. The van der Waals surface area contributed by atoms with Crippen LogP contribution in [0.2, 0.25) is 0 Å². The van der Waals surface area contributed by atoms with Crippen LogP contribution in [0.1, 0.15) is 16.1 Å². The van der Waals surface area contributed by atoms with Crippen molar-refractivity contribution >= 4 is 17.3 Å². The van der Waals surface area contributed by atoms with E-state index in [0.717, 1.165) is 5.56 Å². The SMILES string of the molecule is O=C(NCc1ccc2c(c1)OCO2)c1ccc(Nc2cccc(F)c2)cn1. The van der Waals surface area contributed by atoms with Crippen LogP contribution in [0.15, 0.2) is 60.8 Å². The van der Waals surface area contributed by atoms with Crippen LogP contribution in [0.4, 0.5) is 15.8 Å². The standard InChI is InChI=1S/C20H16FN3O3/c21-14-2-1-3-15(9-14)24-16-5-6-17(22-11-16)20(25)23-10-13-4-7-18-19(8-13)27-12-26-18/h1-9,11,24H,10,12H2,(H,23,25). The van der Waals surface area contributed by atoms with Gasteiger partial charge in [0, 0.05) is 12.2 Å². The van der Waals surface area contributed by atoms with Gasteiger partial charge in [-0.15, -0.1) is 0 Å². The number of benzene rings is 2. The molecule has 0 spiro atoms. The minimum atomic E-state index is -0.326. The number of halogens is 1. The number of amides is 1. The number of nitrogens with one attached hydrogen (secondary N) is 2. The van der Waals surface area contributed by atoms with Crippen molar-refractivity contribution in [2.45, 2.75) is 6.54 Å². The highest BCUT2D eigenvalue weighted by atomic mass is 19.1. The highest BCUT2D eigenvalue weighted by Crippen LogP contribution is 2.32. The summed E-state index contributed by atoms with van der Waals surface area (Å²) in [6.07, 6.45) is 1.53. The zero-order valence-corrected chi connectivity index (χ0v) is 14.2. The first-order chi connectivity index (χ1) is 13.2. The minimum Gasteiger partial charge on any atom is -0.454 e. The molecule has 0 aliphatic carbocycles. The van der Waals surface area contributed by atoms with Crippen LogP contribution in [0.5, 0.6) is 11.5 Å². The van der Waals surface area contributed by atoms with Gasteiger partial charge < -0.3 is 20.1 Å². The molecule has 4 rings (SSSR count). The number of nitrogens with zero attached hydrogens (tertiary/aromatic N) is 1. The van der Waals surface area contributed by atoms with Gasteiger partial charge in [-0.25, -0.2) is 9.37 Å². The lowest BCUT2D eigenvalue weighted by Crippen LogP contribution is -2.23. The molecule has 0 unspecified atom stereocenters. The molecule has 2 heterocycles. The number of hydrogen-bond donors (Lipinski definition) is 2. The zero-order chi connectivity index (χ0) is 18.6. The monoisotopic (exact) mass is 365 g/mol. The highest BCUT2D eigenvalue weighted by molar-refractivity contribution is 5.92. The summed E-state index contributed by atoms with van der Waals surface area (Å²) in [7, 11) is 0. The van der Waals surface area contributed by atoms with Gasteiger partial charge in [-0.05, 0) is 48.0 Å². The Balaban J connectivity index is 1.36. The van der Waals surface area contributed by atoms with Gasteiger partial charge in [0.1, 0.15) is 11.5 Å². The summed E-state index contributed by atoms with van der Waals surface area (Å²) in [5.74, 6) is 0.762. The molecule has 27 heavy (non-hydrogen) atoms. The van der Waals surface area contributed by atoms with Crippen molar-refractivity contribution in [3.05, 3.63) is 77.9 Å². The average molecular weight is 365 g/mol. The maximum atomic E-state index is 13.2. The Labute approximate surface area is 155 Å². The number of carbonyl (C=O) groups excluding carboxylic acids is 1. The second-order valence-electron chi connectivity index (χ2n) is 5.94. The van der Waals surface area contributed by atoms with Crippen LogP contribution in [0, 0.1) is 5.82 Å². The Kier molecular flexibility index (Phi) is 4.57. The van der Waals surface area contributed by atoms with Crippen molar-refractivity contribution < 1.29 is 18.7 Å². The Hall–Kier alpha value is -3.61. The second-order valence-corrected chi connectivity index (χ2v) is 5.94. The van der Waals surface area contributed by atoms with Gasteiger partial charge in [-0.1, -0.05) is 12.1 Å². The third-order valence-electron chi connectivity index (χ3n) is 4.00. The number of rotatable bonds is 5. The van der Waals surface area contributed by atoms with Crippen LogP contribution in [0.3, 0.4) is 0 Å². The Bertz CT molecular complexity index is 976. The van der Waals surface area contributed by atoms with Gasteiger partial charge in [-0.2, -0.15) is 0 Å². The van der Waals surface area contributed by atoms with Crippen molar-refractivity contribution in [1.82, 2.24) is 10.3 Å². The fraction of sp³-hybridized carbons (Fsp3) is 0.100. The predicted octanol–water partition coefficient (Wildman–Crippen LogP) is 3.62. The molecule has 1 amide bonds. The summed E-state index contributed by atoms with van der Waals surface area (Å²) in [5.41, 5.74) is 2.46. The molecule has 1 aliphatic rings. The molecule has 2 N–H and O–H groups in total. The summed E-state index contributed by atoms with van der Waals surface area (Å²) in [6, 6.07) is 15.0. The molecule has 3 aromatic rings. The van der Waals surface area contributed by atoms with Crippen molar-refractivity contribution in [1.29, 1.82) is 0 Å². The molecule has 0 radical (unpaired) electrons. The number of fused-ring (bicyclic) bond motifs is 1. The molecular weight excluding hydrogens is 349 g/mol. The van der Waals surface area contributed by atoms with E-state index in [9.17, 15) is 9.18 Å². The van der Waals surface area contributed by atoms with E-state index in [4.69, 9.17) is 9.47 Å². The number of ether oxygens (including phenoxy) is 2. The highest BCUT2D eigenvalue weighted by Gasteiger charge is 2.14. The summed E-state index contributed by atoms with van der Waals surface area (Å²) in [6.45, 7) is 0.561.